The summed E-state index contributed by atoms with van der Waals surface area (Å²) in [5.74, 6) is 2.11. The Balaban J connectivity index is 1.41. The first-order valence-electron chi connectivity index (χ1n) is 13.7. The molecular weight excluding hydrogens is 512 g/mol. The van der Waals surface area contributed by atoms with Crippen LogP contribution in [0.4, 0.5) is 5.69 Å². The van der Waals surface area contributed by atoms with Gasteiger partial charge in [0.25, 0.3) is 5.91 Å². The van der Waals surface area contributed by atoms with Crippen molar-refractivity contribution in [3.05, 3.63) is 72.3 Å². The van der Waals surface area contributed by atoms with Crippen LogP contribution in [-0.4, -0.2) is 44.5 Å². The zero-order chi connectivity index (χ0) is 27.5. The number of carbonyl (C=O) groups excluding carboxylic acids is 2. The molecule has 2 aliphatic heterocycles. The number of methoxy groups -OCH3 is 1. The van der Waals surface area contributed by atoms with Gasteiger partial charge in [0.2, 0.25) is 18.8 Å². The van der Waals surface area contributed by atoms with Crippen molar-refractivity contribution in [2.24, 2.45) is 0 Å². The molecule has 6 rings (SSSR count). The van der Waals surface area contributed by atoms with Gasteiger partial charge in [-0.05, 0) is 54.8 Å². The van der Waals surface area contributed by atoms with Crippen molar-refractivity contribution in [1.29, 1.82) is 0 Å². The number of hydrogen-bond donors (Lipinski definition) is 1. The molecule has 2 heterocycles. The summed E-state index contributed by atoms with van der Waals surface area (Å²) in [6.45, 7) is 0.101. The van der Waals surface area contributed by atoms with Crippen LogP contribution in [0.15, 0.2) is 66.7 Å². The molecule has 0 radical (unpaired) electrons. The SMILES string of the molecule is COc1ccc([C@H](C(=O)NC2CCCCC2)N(C(=O)[C@@H]2COc3ccccc3O2)c2ccc3c(c2)OCO3)cc1. The number of benzene rings is 3. The number of carbonyl (C=O) groups is 2. The van der Waals surface area contributed by atoms with Gasteiger partial charge in [-0.2, -0.15) is 0 Å². The average Bonchev–Trinajstić information content (AvgIpc) is 3.48. The summed E-state index contributed by atoms with van der Waals surface area (Å²) in [7, 11) is 1.59. The van der Waals surface area contributed by atoms with E-state index < -0.39 is 18.1 Å². The van der Waals surface area contributed by atoms with Crippen LogP contribution in [-0.2, 0) is 9.59 Å². The predicted molar refractivity (Wildman–Crippen MR) is 147 cm³/mol. The number of amides is 2. The van der Waals surface area contributed by atoms with Crippen molar-refractivity contribution in [2.75, 3.05) is 25.4 Å². The number of rotatable bonds is 7. The molecule has 208 valence electrons. The fraction of sp³-hybridized carbons (Fsp3) is 0.355. The smallest absolute Gasteiger partial charge is 0.272 e. The van der Waals surface area contributed by atoms with Crippen molar-refractivity contribution in [3.8, 4) is 28.7 Å². The van der Waals surface area contributed by atoms with E-state index >= 15 is 0 Å². The average molecular weight is 545 g/mol. The Morgan fingerprint density at radius 3 is 2.38 bits per heavy atom. The van der Waals surface area contributed by atoms with E-state index in [0.717, 1.165) is 32.1 Å². The van der Waals surface area contributed by atoms with Crippen molar-refractivity contribution < 1.29 is 33.3 Å². The van der Waals surface area contributed by atoms with Crippen molar-refractivity contribution in [2.45, 2.75) is 50.3 Å². The van der Waals surface area contributed by atoms with Gasteiger partial charge in [0.1, 0.15) is 18.4 Å². The summed E-state index contributed by atoms with van der Waals surface area (Å²) in [6, 6.07) is 18.7. The first-order chi connectivity index (χ1) is 19.6. The van der Waals surface area contributed by atoms with Crippen LogP contribution in [0.2, 0.25) is 0 Å². The molecule has 3 aromatic rings. The van der Waals surface area contributed by atoms with Crippen LogP contribution in [0.3, 0.4) is 0 Å². The molecule has 0 bridgehead atoms. The Labute approximate surface area is 232 Å². The van der Waals surface area contributed by atoms with E-state index in [-0.39, 0.29) is 25.3 Å². The quantitative estimate of drug-likeness (QED) is 0.457. The van der Waals surface area contributed by atoms with Crippen molar-refractivity contribution >= 4 is 17.5 Å². The van der Waals surface area contributed by atoms with Gasteiger partial charge in [0, 0.05) is 17.8 Å². The molecule has 1 saturated carbocycles. The number of para-hydroxylation sites is 2. The maximum atomic E-state index is 14.4. The fourth-order valence-electron chi connectivity index (χ4n) is 5.47. The Morgan fingerprint density at radius 1 is 0.875 bits per heavy atom. The lowest BCUT2D eigenvalue weighted by atomic mass is 9.94. The molecule has 1 fully saturated rings. The van der Waals surface area contributed by atoms with Crippen LogP contribution in [0.25, 0.3) is 0 Å². The second-order valence-corrected chi connectivity index (χ2v) is 10.1. The fourth-order valence-corrected chi connectivity index (χ4v) is 5.47. The van der Waals surface area contributed by atoms with Gasteiger partial charge < -0.3 is 29.0 Å². The van der Waals surface area contributed by atoms with Gasteiger partial charge in [-0.15, -0.1) is 0 Å². The third kappa shape index (κ3) is 5.23. The molecule has 1 aliphatic carbocycles. The molecule has 1 N–H and O–H groups in total. The van der Waals surface area contributed by atoms with E-state index in [1.165, 1.54) is 4.90 Å². The van der Waals surface area contributed by atoms with Crippen LogP contribution in [0.5, 0.6) is 28.7 Å². The largest absolute Gasteiger partial charge is 0.497 e. The summed E-state index contributed by atoms with van der Waals surface area (Å²) >= 11 is 0. The summed E-state index contributed by atoms with van der Waals surface area (Å²) in [5.41, 5.74) is 1.12. The van der Waals surface area contributed by atoms with Crippen molar-refractivity contribution in [3.63, 3.8) is 0 Å². The molecule has 0 aromatic heterocycles. The van der Waals surface area contributed by atoms with Gasteiger partial charge in [-0.3, -0.25) is 14.5 Å². The number of anilines is 1. The minimum Gasteiger partial charge on any atom is -0.497 e. The van der Waals surface area contributed by atoms with E-state index in [2.05, 4.69) is 5.32 Å². The van der Waals surface area contributed by atoms with E-state index in [1.807, 2.05) is 24.3 Å². The molecule has 40 heavy (non-hydrogen) atoms. The van der Waals surface area contributed by atoms with Gasteiger partial charge >= 0.3 is 0 Å². The molecule has 0 unspecified atom stereocenters. The summed E-state index contributed by atoms with van der Waals surface area (Å²) in [5, 5.41) is 3.23. The minimum atomic E-state index is -0.985. The van der Waals surface area contributed by atoms with Crippen LogP contribution in [0.1, 0.15) is 43.7 Å². The molecule has 3 aliphatic rings. The molecule has 0 spiro atoms. The highest BCUT2D eigenvalue weighted by Crippen LogP contribution is 2.40. The lowest BCUT2D eigenvalue weighted by Gasteiger charge is -2.36. The molecule has 2 atom stereocenters. The maximum Gasteiger partial charge on any atom is 0.272 e. The number of hydrogen-bond acceptors (Lipinski definition) is 7. The highest BCUT2D eigenvalue weighted by atomic mass is 16.7. The third-order valence-corrected chi connectivity index (χ3v) is 7.55. The minimum absolute atomic E-state index is 0.0104. The Kier molecular flexibility index (Phi) is 7.35. The summed E-state index contributed by atoms with van der Waals surface area (Å²) in [6.07, 6.45) is 4.15. The Bertz CT molecular complexity index is 1370. The van der Waals surface area contributed by atoms with E-state index in [4.69, 9.17) is 23.7 Å². The second-order valence-electron chi connectivity index (χ2n) is 10.1. The van der Waals surface area contributed by atoms with Crippen LogP contribution >= 0.6 is 0 Å². The Hall–Kier alpha value is -4.40. The van der Waals surface area contributed by atoms with Crippen LogP contribution in [0, 0.1) is 0 Å². The molecule has 2 amide bonds. The van der Waals surface area contributed by atoms with Gasteiger partial charge in [0.15, 0.2) is 23.0 Å². The molecular formula is C31H32N2O7. The number of nitrogens with zero attached hydrogens (tertiary/aromatic N) is 1. The standard InChI is InChI=1S/C31H32N2O7/c1-36-23-14-11-20(12-15-23)29(30(34)32-21-7-3-2-4-8-21)33(22-13-16-25-27(17-22)39-19-38-25)31(35)28-18-37-24-9-5-6-10-26(24)40-28/h5-6,9-17,21,28-29H,2-4,7-8,18-19H2,1H3,(H,32,34)/t28-,29+/m0/s1. The molecule has 0 saturated heterocycles. The lowest BCUT2D eigenvalue weighted by molar-refractivity contribution is -0.132. The predicted octanol–water partition coefficient (Wildman–Crippen LogP) is 4.79. The lowest BCUT2D eigenvalue weighted by Crippen LogP contribution is -2.52. The summed E-state index contributed by atoms with van der Waals surface area (Å²) < 4.78 is 28.5. The van der Waals surface area contributed by atoms with Gasteiger partial charge in [-0.25, -0.2) is 0 Å². The first-order valence-corrected chi connectivity index (χ1v) is 13.7. The highest BCUT2D eigenvalue weighted by Gasteiger charge is 2.40. The zero-order valence-electron chi connectivity index (χ0n) is 22.3. The van der Waals surface area contributed by atoms with E-state index in [0.29, 0.717) is 40.0 Å². The number of ether oxygens (including phenoxy) is 5. The van der Waals surface area contributed by atoms with E-state index in [1.54, 1.807) is 49.6 Å². The zero-order valence-corrected chi connectivity index (χ0v) is 22.3. The topological polar surface area (TPSA) is 95.6 Å². The van der Waals surface area contributed by atoms with Crippen LogP contribution < -0.4 is 33.9 Å². The van der Waals surface area contributed by atoms with Gasteiger partial charge in [-0.1, -0.05) is 43.5 Å². The number of fused-ring (bicyclic) bond motifs is 2. The highest BCUT2D eigenvalue weighted by molar-refractivity contribution is 6.04. The van der Waals surface area contributed by atoms with E-state index in [9.17, 15) is 9.59 Å². The monoisotopic (exact) mass is 544 g/mol. The molecule has 9 nitrogen and oxygen atoms in total. The van der Waals surface area contributed by atoms with Gasteiger partial charge in [0.05, 0.1) is 7.11 Å². The molecule has 9 heteroatoms. The van der Waals surface area contributed by atoms with Crippen molar-refractivity contribution in [1.82, 2.24) is 5.32 Å². The second kappa shape index (κ2) is 11.4. The number of nitrogens with one attached hydrogen (secondary N) is 1. The molecule has 3 aromatic carbocycles. The normalized spacial score (nSPS) is 18.5. The first kappa shape index (κ1) is 25.9. The Morgan fingerprint density at radius 2 is 1.60 bits per heavy atom. The maximum absolute atomic E-state index is 14.4. The third-order valence-electron chi connectivity index (χ3n) is 7.55. The summed E-state index contributed by atoms with van der Waals surface area (Å²) in [4.78, 5) is 30.0.